The van der Waals surface area contributed by atoms with E-state index in [1.807, 2.05) is 6.07 Å². The fraction of sp³-hybridized carbons (Fsp3) is 0.571. The lowest BCUT2D eigenvalue weighted by Crippen LogP contribution is -2.11. The number of hydrogen-bond donors (Lipinski definition) is 0. The second-order valence-electron chi connectivity index (χ2n) is 4.94. The first-order chi connectivity index (χ1) is 8.13. The van der Waals surface area contributed by atoms with E-state index < -0.39 is 5.82 Å². The Kier molecular flexibility index (Phi) is 3.93. The van der Waals surface area contributed by atoms with Crippen molar-refractivity contribution >= 4 is 11.6 Å². The van der Waals surface area contributed by atoms with Gasteiger partial charge in [-0.3, -0.25) is 0 Å². The fourth-order valence-electron chi connectivity index (χ4n) is 2.59. The number of methoxy groups -OCH3 is 1. The van der Waals surface area contributed by atoms with Crippen LogP contribution in [0, 0.1) is 11.7 Å². The Bertz CT molecular complexity index is 397. The van der Waals surface area contributed by atoms with Crippen molar-refractivity contribution in [3.05, 3.63) is 28.5 Å². The van der Waals surface area contributed by atoms with Crippen LogP contribution in [0.3, 0.4) is 0 Å². The highest BCUT2D eigenvalue weighted by molar-refractivity contribution is 6.31. The van der Waals surface area contributed by atoms with E-state index in [0.29, 0.717) is 5.92 Å². The maximum Gasteiger partial charge on any atom is 0.183 e. The molecule has 1 saturated carbocycles. The molecule has 0 bridgehead atoms. The van der Waals surface area contributed by atoms with Crippen molar-refractivity contribution in [2.45, 2.75) is 38.5 Å². The molecule has 0 atom stereocenters. The van der Waals surface area contributed by atoms with Crippen LogP contribution in [0.1, 0.15) is 44.1 Å². The van der Waals surface area contributed by atoms with E-state index >= 15 is 0 Å². The zero-order valence-corrected chi connectivity index (χ0v) is 11.1. The third-order valence-electron chi connectivity index (χ3n) is 3.75. The maximum absolute atomic E-state index is 13.8. The molecule has 1 nitrogen and oxygen atoms in total. The quantitative estimate of drug-likeness (QED) is 0.740. The van der Waals surface area contributed by atoms with Crippen molar-refractivity contribution in [1.29, 1.82) is 0 Å². The van der Waals surface area contributed by atoms with Crippen LogP contribution in [0.4, 0.5) is 4.39 Å². The molecule has 1 aliphatic carbocycles. The SMILES string of the molecule is COc1ccc(C2CCC(C)CC2)c(Cl)c1F. The molecule has 0 amide bonds. The maximum atomic E-state index is 13.8. The van der Waals surface area contributed by atoms with Crippen LogP contribution in [0.25, 0.3) is 0 Å². The molecule has 1 aromatic carbocycles. The molecule has 1 aromatic rings. The molecule has 94 valence electrons. The van der Waals surface area contributed by atoms with Crippen LogP contribution in [-0.2, 0) is 0 Å². The van der Waals surface area contributed by atoms with E-state index in [-0.39, 0.29) is 10.8 Å². The molecule has 2 rings (SSSR count). The largest absolute Gasteiger partial charge is 0.494 e. The van der Waals surface area contributed by atoms with Crippen molar-refractivity contribution in [2.24, 2.45) is 5.92 Å². The summed E-state index contributed by atoms with van der Waals surface area (Å²) in [6.45, 7) is 2.27. The summed E-state index contributed by atoms with van der Waals surface area (Å²) in [5, 5.41) is 0.240. The lowest BCUT2D eigenvalue weighted by atomic mass is 9.79. The predicted octanol–water partition coefficient (Wildman–Crippen LogP) is 4.78. The van der Waals surface area contributed by atoms with Gasteiger partial charge in [0.2, 0.25) is 0 Å². The highest BCUT2D eigenvalue weighted by Gasteiger charge is 2.23. The summed E-state index contributed by atoms with van der Waals surface area (Å²) in [5.74, 6) is 0.987. The summed E-state index contributed by atoms with van der Waals surface area (Å²) in [5.41, 5.74) is 0.942. The Morgan fingerprint density at radius 1 is 1.24 bits per heavy atom. The minimum atomic E-state index is -0.426. The van der Waals surface area contributed by atoms with E-state index in [1.54, 1.807) is 6.07 Å². The Labute approximate surface area is 107 Å². The van der Waals surface area contributed by atoms with Gasteiger partial charge in [0.25, 0.3) is 0 Å². The van der Waals surface area contributed by atoms with Crippen molar-refractivity contribution in [3.63, 3.8) is 0 Å². The molecule has 1 aliphatic rings. The molecule has 0 saturated heterocycles. The van der Waals surface area contributed by atoms with Gasteiger partial charge in [-0.15, -0.1) is 0 Å². The van der Waals surface area contributed by atoms with Gasteiger partial charge in [0.15, 0.2) is 11.6 Å². The van der Waals surface area contributed by atoms with Gasteiger partial charge in [-0.1, -0.05) is 37.4 Å². The lowest BCUT2D eigenvalue weighted by Gasteiger charge is -2.27. The van der Waals surface area contributed by atoms with Crippen molar-refractivity contribution in [2.75, 3.05) is 7.11 Å². The van der Waals surface area contributed by atoms with Crippen molar-refractivity contribution in [1.82, 2.24) is 0 Å². The second kappa shape index (κ2) is 5.26. The number of ether oxygens (including phenoxy) is 1. The van der Waals surface area contributed by atoms with Crippen LogP contribution >= 0.6 is 11.6 Å². The minimum Gasteiger partial charge on any atom is -0.494 e. The molecule has 0 spiro atoms. The molecular weight excluding hydrogens is 239 g/mol. The van der Waals surface area contributed by atoms with Crippen LogP contribution in [0.15, 0.2) is 12.1 Å². The van der Waals surface area contributed by atoms with Crippen LogP contribution in [0.2, 0.25) is 5.02 Å². The van der Waals surface area contributed by atoms with E-state index in [9.17, 15) is 4.39 Å². The number of benzene rings is 1. The van der Waals surface area contributed by atoms with Crippen LogP contribution in [0.5, 0.6) is 5.75 Å². The zero-order chi connectivity index (χ0) is 12.4. The third kappa shape index (κ3) is 2.57. The summed E-state index contributed by atoms with van der Waals surface area (Å²) in [4.78, 5) is 0. The second-order valence-corrected chi connectivity index (χ2v) is 5.32. The van der Waals surface area contributed by atoms with Gasteiger partial charge in [0.1, 0.15) is 0 Å². The molecule has 0 aromatic heterocycles. The first-order valence-electron chi connectivity index (χ1n) is 6.15. The summed E-state index contributed by atoms with van der Waals surface area (Å²) in [6, 6.07) is 3.58. The Morgan fingerprint density at radius 2 is 1.88 bits per heavy atom. The average molecular weight is 257 g/mol. The summed E-state index contributed by atoms with van der Waals surface area (Å²) < 4.78 is 18.8. The summed E-state index contributed by atoms with van der Waals surface area (Å²) in [6.07, 6.45) is 4.61. The molecule has 0 heterocycles. The van der Waals surface area contributed by atoms with Gasteiger partial charge in [0.05, 0.1) is 12.1 Å². The topological polar surface area (TPSA) is 9.23 Å². The van der Waals surface area contributed by atoms with Crippen molar-refractivity contribution < 1.29 is 9.13 Å². The Balaban J connectivity index is 2.24. The van der Waals surface area contributed by atoms with Gasteiger partial charge >= 0.3 is 0 Å². The Hall–Kier alpha value is -0.760. The third-order valence-corrected chi connectivity index (χ3v) is 4.14. The molecule has 0 N–H and O–H groups in total. The summed E-state index contributed by atoms with van der Waals surface area (Å²) >= 11 is 6.09. The molecule has 1 fully saturated rings. The smallest absolute Gasteiger partial charge is 0.183 e. The Morgan fingerprint density at radius 3 is 2.47 bits per heavy atom. The average Bonchev–Trinajstić information content (AvgIpc) is 2.34. The minimum absolute atomic E-state index is 0.225. The van der Waals surface area contributed by atoms with Crippen LogP contribution in [-0.4, -0.2) is 7.11 Å². The highest BCUT2D eigenvalue weighted by Crippen LogP contribution is 2.40. The fourth-order valence-corrected chi connectivity index (χ4v) is 2.90. The predicted molar refractivity (Wildman–Crippen MR) is 68.3 cm³/mol. The molecule has 3 heteroatoms. The van der Waals surface area contributed by atoms with E-state index in [1.165, 1.54) is 20.0 Å². The molecule has 0 aliphatic heterocycles. The standard InChI is InChI=1S/C14H18ClFO/c1-9-3-5-10(6-4-9)11-7-8-12(17-2)14(16)13(11)15/h7-10H,3-6H2,1-2H3. The summed E-state index contributed by atoms with van der Waals surface area (Å²) in [7, 11) is 1.46. The zero-order valence-electron chi connectivity index (χ0n) is 10.3. The van der Waals surface area contributed by atoms with Gasteiger partial charge in [0, 0.05) is 0 Å². The molecule has 0 unspecified atom stereocenters. The number of hydrogen-bond acceptors (Lipinski definition) is 1. The van der Waals surface area contributed by atoms with Gasteiger partial charge in [-0.2, -0.15) is 0 Å². The monoisotopic (exact) mass is 256 g/mol. The molecule has 0 radical (unpaired) electrons. The van der Waals surface area contributed by atoms with E-state index in [2.05, 4.69) is 6.92 Å². The highest BCUT2D eigenvalue weighted by atomic mass is 35.5. The first kappa shape index (κ1) is 12.7. The molecular formula is C14H18ClFO. The number of halogens is 2. The van der Waals surface area contributed by atoms with Crippen LogP contribution < -0.4 is 4.74 Å². The normalized spacial score (nSPS) is 24.7. The van der Waals surface area contributed by atoms with Gasteiger partial charge in [-0.05, 0) is 36.3 Å². The van der Waals surface area contributed by atoms with Gasteiger partial charge in [-0.25, -0.2) is 4.39 Å². The van der Waals surface area contributed by atoms with Gasteiger partial charge < -0.3 is 4.74 Å². The van der Waals surface area contributed by atoms with Crippen molar-refractivity contribution in [3.8, 4) is 5.75 Å². The number of rotatable bonds is 2. The van der Waals surface area contributed by atoms with E-state index in [4.69, 9.17) is 16.3 Å². The first-order valence-corrected chi connectivity index (χ1v) is 6.53. The molecule has 17 heavy (non-hydrogen) atoms. The van der Waals surface area contributed by atoms with E-state index in [0.717, 1.165) is 24.3 Å². The lowest BCUT2D eigenvalue weighted by molar-refractivity contribution is 0.346.